The van der Waals surface area contributed by atoms with Gasteiger partial charge in [-0.2, -0.15) is 0 Å². The van der Waals surface area contributed by atoms with Gasteiger partial charge in [0.25, 0.3) is 0 Å². The lowest BCUT2D eigenvalue weighted by Crippen LogP contribution is -2.24. The molecule has 1 atom stereocenters. The number of sulfonamides is 1. The number of nitrogens with one attached hydrogen (secondary N) is 1. The number of carbonyl (C=O) groups is 1. The lowest BCUT2D eigenvalue weighted by Gasteiger charge is -2.21. The van der Waals surface area contributed by atoms with E-state index in [1.54, 1.807) is 18.2 Å². The van der Waals surface area contributed by atoms with Crippen molar-refractivity contribution in [2.75, 3.05) is 14.1 Å². The molecule has 0 aliphatic heterocycles. The van der Waals surface area contributed by atoms with Gasteiger partial charge in [0.05, 0.1) is 10.9 Å². The fourth-order valence-corrected chi connectivity index (χ4v) is 4.08. The minimum atomic E-state index is -3.56. The normalized spacial score (nSPS) is 16.5. The van der Waals surface area contributed by atoms with Crippen molar-refractivity contribution < 1.29 is 13.2 Å². The monoisotopic (exact) mass is 356 g/mol. The molecule has 0 fully saturated rings. The highest BCUT2D eigenvalue weighted by atomic mass is 32.2. The molecule has 1 amide bonds. The fourth-order valence-electron chi connectivity index (χ4n) is 3.14. The molecule has 0 saturated carbocycles. The first-order valence-corrected chi connectivity index (χ1v) is 9.34. The van der Waals surface area contributed by atoms with E-state index in [1.807, 2.05) is 37.3 Å². The first-order valence-electron chi connectivity index (χ1n) is 7.90. The van der Waals surface area contributed by atoms with Crippen molar-refractivity contribution in [1.29, 1.82) is 0 Å². The minimum Gasteiger partial charge on any atom is -0.348 e. The maximum Gasteiger partial charge on any atom is 0.242 e. The van der Waals surface area contributed by atoms with Crippen LogP contribution in [0.25, 0.3) is 11.6 Å². The Balaban J connectivity index is 2.28. The molecular weight excluding hydrogens is 336 g/mol. The van der Waals surface area contributed by atoms with E-state index in [9.17, 15) is 13.2 Å². The molecule has 5 nitrogen and oxygen atoms in total. The predicted molar refractivity (Wildman–Crippen MR) is 98.3 cm³/mol. The number of nitrogens with zero attached hydrogens (tertiary/aromatic N) is 1. The number of amides is 1. The second-order valence-electron chi connectivity index (χ2n) is 6.21. The van der Waals surface area contributed by atoms with Gasteiger partial charge in [-0.1, -0.05) is 36.4 Å². The highest BCUT2D eigenvalue weighted by molar-refractivity contribution is 7.89. The number of allylic oxidation sites excluding steroid dienone is 1. The van der Waals surface area contributed by atoms with Crippen LogP contribution in [0.1, 0.15) is 35.2 Å². The summed E-state index contributed by atoms with van der Waals surface area (Å²) in [7, 11) is -0.552. The van der Waals surface area contributed by atoms with Crippen molar-refractivity contribution in [1.82, 2.24) is 9.62 Å². The van der Waals surface area contributed by atoms with E-state index < -0.39 is 16.1 Å². The molecule has 3 rings (SSSR count). The second-order valence-corrected chi connectivity index (χ2v) is 8.36. The lowest BCUT2D eigenvalue weighted by molar-refractivity contribution is -0.110. The highest BCUT2D eigenvalue weighted by Crippen LogP contribution is 2.37. The van der Waals surface area contributed by atoms with Crippen LogP contribution in [0.15, 0.2) is 47.4 Å². The van der Waals surface area contributed by atoms with Crippen molar-refractivity contribution in [3.63, 3.8) is 0 Å². The highest BCUT2D eigenvalue weighted by Gasteiger charge is 2.26. The summed E-state index contributed by atoms with van der Waals surface area (Å²) in [5, 5.41) is 2.84. The quantitative estimate of drug-likeness (QED) is 0.857. The summed E-state index contributed by atoms with van der Waals surface area (Å²) in [6.45, 7) is 2.01. The zero-order valence-corrected chi connectivity index (χ0v) is 15.2. The molecule has 0 saturated heterocycles. The molecule has 1 unspecified atom stereocenters. The average Bonchev–Trinajstić information content (AvgIpc) is 2.70. The zero-order chi connectivity index (χ0) is 18.2. The van der Waals surface area contributed by atoms with Crippen molar-refractivity contribution in [3.05, 3.63) is 64.7 Å². The molecule has 1 aliphatic carbocycles. The van der Waals surface area contributed by atoms with Crippen molar-refractivity contribution in [2.24, 2.45) is 0 Å². The number of fused-ring (bicyclic) bond motifs is 2. The van der Waals surface area contributed by atoms with Gasteiger partial charge < -0.3 is 5.32 Å². The molecule has 2 aromatic carbocycles. The Morgan fingerprint density at radius 1 is 1.08 bits per heavy atom. The molecule has 0 aromatic heterocycles. The second kappa shape index (κ2) is 6.46. The Hall–Kier alpha value is -2.44. The number of hydrogen-bond acceptors (Lipinski definition) is 3. The summed E-state index contributed by atoms with van der Waals surface area (Å²) in [5.41, 5.74) is 4.71. The molecule has 0 bridgehead atoms. The van der Waals surface area contributed by atoms with E-state index in [0.717, 1.165) is 27.8 Å². The summed E-state index contributed by atoms with van der Waals surface area (Å²) in [6.07, 6.45) is 2.67. The van der Waals surface area contributed by atoms with Crippen LogP contribution in [0.3, 0.4) is 0 Å². The van der Waals surface area contributed by atoms with Crippen LogP contribution < -0.4 is 5.32 Å². The van der Waals surface area contributed by atoms with Gasteiger partial charge in [0.1, 0.15) is 0 Å². The third-order valence-corrected chi connectivity index (χ3v) is 6.26. The van der Waals surface area contributed by atoms with Gasteiger partial charge in [0, 0.05) is 14.1 Å². The molecule has 2 aromatic rings. The lowest BCUT2D eigenvalue weighted by atomic mass is 9.93. The molecule has 1 aliphatic rings. The molecule has 1 N–H and O–H groups in total. The molecule has 0 radical (unpaired) electrons. The average molecular weight is 356 g/mol. The first-order chi connectivity index (χ1) is 11.9. The van der Waals surface area contributed by atoms with Crippen molar-refractivity contribution in [3.8, 4) is 0 Å². The summed E-state index contributed by atoms with van der Waals surface area (Å²) < 4.78 is 26.2. The van der Waals surface area contributed by atoms with Gasteiger partial charge >= 0.3 is 0 Å². The van der Waals surface area contributed by atoms with Gasteiger partial charge in [-0.15, -0.1) is 0 Å². The first kappa shape index (κ1) is 17.4. The van der Waals surface area contributed by atoms with E-state index in [1.165, 1.54) is 18.4 Å². The third-order valence-electron chi connectivity index (χ3n) is 4.45. The predicted octanol–water partition coefficient (Wildman–Crippen LogP) is 2.65. The molecule has 0 heterocycles. The van der Waals surface area contributed by atoms with Crippen LogP contribution >= 0.6 is 0 Å². The maximum atomic E-state index is 12.5. The van der Waals surface area contributed by atoms with Crippen LogP contribution in [-0.2, 0) is 14.8 Å². The summed E-state index contributed by atoms with van der Waals surface area (Å²) in [6, 6.07) is 12.5. The van der Waals surface area contributed by atoms with E-state index in [0.29, 0.717) is 6.41 Å². The molecule has 130 valence electrons. The van der Waals surface area contributed by atoms with Crippen LogP contribution in [0.2, 0.25) is 0 Å². The number of benzene rings is 2. The van der Waals surface area contributed by atoms with Crippen LogP contribution in [0, 0.1) is 0 Å². The molecule has 6 heteroatoms. The molecule has 25 heavy (non-hydrogen) atoms. The Kier molecular flexibility index (Phi) is 4.49. The van der Waals surface area contributed by atoms with Crippen molar-refractivity contribution in [2.45, 2.75) is 17.9 Å². The minimum absolute atomic E-state index is 0.208. The third kappa shape index (κ3) is 2.99. The smallest absolute Gasteiger partial charge is 0.242 e. The largest absolute Gasteiger partial charge is 0.348 e. The summed E-state index contributed by atoms with van der Waals surface area (Å²) >= 11 is 0. The Morgan fingerprint density at radius 2 is 1.80 bits per heavy atom. The van der Waals surface area contributed by atoms with Gasteiger partial charge in [0.15, 0.2) is 0 Å². The van der Waals surface area contributed by atoms with E-state index in [4.69, 9.17) is 0 Å². The Bertz CT molecular complexity index is 962. The number of rotatable bonds is 4. The maximum absolute atomic E-state index is 12.5. The fraction of sp³-hybridized carbons (Fsp3) is 0.211. The number of carbonyl (C=O) groups excluding carboxylic acids is 1. The zero-order valence-electron chi connectivity index (χ0n) is 14.4. The topological polar surface area (TPSA) is 66.5 Å². The number of hydrogen-bond donors (Lipinski definition) is 1. The summed E-state index contributed by atoms with van der Waals surface area (Å²) in [5.74, 6) is 0. The van der Waals surface area contributed by atoms with Crippen molar-refractivity contribution >= 4 is 28.1 Å². The molecule has 0 spiro atoms. The van der Waals surface area contributed by atoms with Gasteiger partial charge in [0.2, 0.25) is 16.4 Å². The van der Waals surface area contributed by atoms with Gasteiger partial charge in [-0.3, -0.25) is 4.79 Å². The van der Waals surface area contributed by atoms with Gasteiger partial charge in [-0.25, -0.2) is 12.7 Å². The Morgan fingerprint density at radius 3 is 2.48 bits per heavy atom. The standard InChI is InChI=1S/C19H20N2O3S/c1-13-10-14-8-9-15(25(23,24)21(2)3)11-18(14)19(20-12-22)17-7-5-4-6-16(13)17/h4-12,19H,1-3H3,(H,20,22). The van der Waals surface area contributed by atoms with Gasteiger partial charge in [-0.05, 0) is 46.9 Å². The van der Waals surface area contributed by atoms with Crippen LogP contribution in [0.5, 0.6) is 0 Å². The Labute approximate surface area is 148 Å². The van der Waals surface area contributed by atoms with E-state index in [-0.39, 0.29) is 4.90 Å². The van der Waals surface area contributed by atoms with Crippen LogP contribution in [-0.4, -0.2) is 33.2 Å². The van der Waals surface area contributed by atoms with Crippen LogP contribution in [0.4, 0.5) is 0 Å². The summed E-state index contributed by atoms with van der Waals surface area (Å²) in [4.78, 5) is 11.4. The molecular formula is C19H20N2O3S. The van der Waals surface area contributed by atoms with E-state index >= 15 is 0 Å². The SMILES string of the molecule is CC1=Cc2ccc(S(=O)(=O)N(C)C)cc2C(NC=O)c2ccccc21. The van der Waals surface area contributed by atoms with E-state index in [2.05, 4.69) is 5.32 Å².